The lowest BCUT2D eigenvalue weighted by molar-refractivity contribution is -0.141. The predicted molar refractivity (Wildman–Crippen MR) is 51.4 cm³/mol. The van der Waals surface area contributed by atoms with E-state index in [2.05, 4.69) is 11.6 Å². The molecule has 0 amide bonds. The van der Waals surface area contributed by atoms with E-state index in [1.807, 2.05) is 0 Å². The van der Waals surface area contributed by atoms with Crippen molar-refractivity contribution in [3.63, 3.8) is 0 Å². The summed E-state index contributed by atoms with van der Waals surface area (Å²) in [7, 11) is 0. The molecule has 0 bridgehead atoms. The van der Waals surface area contributed by atoms with Crippen LogP contribution in [0.15, 0.2) is 36.5 Å². The zero-order chi connectivity index (χ0) is 11.4. The van der Waals surface area contributed by atoms with E-state index < -0.39 is 23.4 Å². The summed E-state index contributed by atoms with van der Waals surface area (Å²) in [6.07, 6.45) is 1.40. The molecule has 0 saturated heterocycles. The average Bonchev–Trinajstić information content (AvgIpc) is 2.18. The number of carboxylic acid groups (broad SMARTS) is 2. The van der Waals surface area contributed by atoms with Crippen molar-refractivity contribution in [1.29, 1.82) is 0 Å². The fourth-order valence-corrected chi connectivity index (χ4v) is 1.12. The Morgan fingerprint density at radius 2 is 2.00 bits per heavy atom. The Morgan fingerprint density at radius 3 is 2.40 bits per heavy atom. The molecule has 5 nitrogen and oxygen atoms in total. The van der Waals surface area contributed by atoms with E-state index in [1.165, 1.54) is 12.3 Å². The summed E-state index contributed by atoms with van der Waals surface area (Å²) in [5, 5.41) is 17.6. The molecule has 1 heterocycles. The first-order chi connectivity index (χ1) is 7.04. The molecule has 0 aromatic carbocycles. The van der Waals surface area contributed by atoms with E-state index in [1.54, 1.807) is 12.1 Å². The van der Waals surface area contributed by atoms with Crippen LogP contribution in [0.3, 0.4) is 0 Å². The largest absolute Gasteiger partial charge is 0.480 e. The van der Waals surface area contributed by atoms with Crippen LogP contribution in [0.25, 0.3) is 0 Å². The fraction of sp³-hybridized carbons (Fsp3) is 0.100. The van der Waals surface area contributed by atoms with E-state index >= 15 is 0 Å². The highest BCUT2D eigenvalue weighted by Crippen LogP contribution is 2.21. The van der Waals surface area contributed by atoms with Crippen LogP contribution in [-0.2, 0) is 9.59 Å². The maximum atomic E-state index is 10.9. The number of aromatic nitrogens is 1. The van der Waals surface area contributed by atoms with Crippen molar-refractivity contribution in [1.82, 2.24) is 4.98 Å². The van der Waals surface area contributed by atoms with Gasteiger partial charge in [0, 0.05) is 6.20 Å². The third kappa shape index (κ3) is 2.40. The van der Waals surface area contributed by atoms with Gasteiger partial charge in [-0.2, -0.15) is 0 Å². The Labute approximate surface area is 85.7 Å². The lowest BCUT2D eigenvalue weighted by Gasteiger charge is -2.10. The van der Waals surface area contributed by atoms with E-state index in [9.17, 15) is 9.59 Å². The van der Waals surface area contributed by atoms with E-state index in [0.717, 1.165) is 0 Å². The summed E-state index contributed by atoms with van der Waals surface area (Å²) in [6, 6.07) is 4.66. The second-order valence-corrected chi connectivity index (χ2v) is 2.86. The van der Waals surface area contributed by atoms with Crippen LogP contribution in [-0.4, -0.2) is 27.1 Å². The lowest BCUT2D eigenvalue weighted by Crippen LogP contribution is -2.19. The Kier molecular flexibility index (Phi) is 3.17. The summed E-state index contributed by atoms with van der Waals surface area (Å²) in [6.45, 7) is 3.23. The number of hydrogen-bond acceptors (Lipinski definition) is 3. The number of nitrogens with zero attached hydrogens (tertiary/aromatic N) is 1. The van der Waals surface area contributed by atoms with Crippen molar-refractivity contribution in [2.75, 3.05) is 0 Å². The van der Waals surface area contributed by atoms with E-state index in [4.69, 9.17) is 10.2 Å². The molecule has 0 radical (unpaired) electrons. The van der Waals surface area contributed by atoms with Gasteiger partial charge >= 0.3 is 11.9 Å². The summed E-state index contributed by atoms with van der Waals surface area (Å²) < 4.78 is 0. The van der Waals surface area contributed by atoms with Gasteiger partial charge in [-0.15, -0.1) is 0 Å². The smallest absolute Gasteiger partial charge is 0.332 e. The van der Waals surface area contributed by atoms with Crippen LogP contribution < -0.4 is 0 Å². The molecule has 0 aliphatic carbocycles. The average molecular weight is 207 g/mol. The summed E-state index contributed by atoms with van der Waals surface area (Å²) >= 11 is 0. The molecule has 1 aromatic rings. The zero-order valence-corrected chi connectivity index (χ0v) is 7.75. The molecular weight excluding hydrogens is 198 g/mol. The molecule has 0 aliphatic rings. The monoisotopic (exact) mass is 207 g/mol. The number of hydrogen-bond donors (Lipinski definition) is 2. The van der Waals surface area contributed by atoms with Crippen LogP contribution in [0.4, 0.5) is 0 Å². The standard InChI is InChI=1S/C10H9NO4/c1-6(9(12)13)8(10(14)15)7-4-2-3-5-11-7/h2-5,8H,1H2,(H,12,13)(H,14,15). The van der Waals surface area contributed by atoms with Gasteiger partial charge < -0.3 is 10.2 Å². The third-order valence-corrected chi connectivity index (χ3v) is 1.85. The summed E-state index contributed by atoms with van der Waals surface area (Å²) in [5.41, 5.74) is -0.237. The molecule has 1 unspecified atom stereocenters. The molecule has 1 rings (SSSR count). The molecule has 0 aliphatic heterocycles. The molecule has 2 N–H and O–H groups in total. The third-order valence-electron chi connectivity index (χ3n) is 1.85. The van der Waals surface area contributed by atoms with Gasteiger partial charge in [0.15, 0.2) is 0 Å². The Hall–Kier alpha value is -2.17. The van der Waals surface area contributed by atoms with Crippen LogP contribution >= 0.6 is 0 Å². The second kappa shape index (κ2) is 4.36. The summed E-state index contributed by atoms with van der Waals surface area (Å²) in [5.74, 6) is -3.92. The quantitative estimate of drug-likeness (QED) is 0.716. The van der Waals surface area contributed by atoms with Crippen LogP contribution in [0.1, 0.15) is 11.6 Å². The predicted octanol–water partition coefficient (Wildman–Crippen LogP) is 0.891. The molecule has 5 heteroatoms. The topological polar surface area (TPSA) is 87.5 Å². The first kappa shape index (κ1) is 10.9. The van der Waals surface area contributed by atoms with Crippen molar-refractivity contribution in [3.8, 4) is 0 Å². The molecule has 15 heavy (non-hydrogen) atoms. The molecule has 1 aromatic heterocycles. The summed E-state index contributed by atoms with van der Waals surface area (Å²) in [4.78, 5) is 25.3. The van der Waals surface area contributed by atoms with Gasteiger partial charge in [0.05, 0.1) is 11.3 Å². The van der Waals surface area contributed by atoms with Crippen molar-refractivity contribution in [2.24, 2.45) is 0 Å². The van der Waals surface area contributed by atoms with Gasteiger partial charge in [-0.05, 0) is 12.1 Å². The number of pyridine rings is 1. The van der Waals surface area contributed by atoms with Gasteiger partial charge in [0.25, 0.3) is 0 Å². The van der Waals surface area contributed by atoms with Crippen molar-refractivity contribution in [2.45, 2.75) is 5.92 Å². The Balaban J connectivity index is 3.10. The highest BCUT2D eigenvalue weighted by molar-refractivity contribution is 5.96. The molecule has 0 fully saturated rings. The van der Waals surface area contributed by atoms with Crippen molar-refractivity contribution >= 4 is 11.9 Å². The minimum Gasteiger partial charge on any atom is -0.480 e. The van der Waals surface area contributed by atoms with E-state index in [0.29, 0.717) is 0 Å². The number of carboxylic acids is 2. The SMILES string of the molecule is C=C(C(=O)O)C(C(=O)O)c1ccccn1. The maximum Gasteiger partial charge on any atom is 0.332 e. The van der Waals surface area contributed by atoms with Crippen LogP contribution in [0, 0.1) is 0 Å². The van der Waals surface area contributed by atoms with Crippen molar-refractivity contribution < 1.29 is 19.8 Å². The maximum absolute atomic E-state index is 10.9. The normalized spacial score (nSPS) is 11.7. The Bertz CT molecular complexity index is 399. The van der Waals surface area contributed by atoms with Gasteiger partial charge in [-0.1, -0.05) is 12.6 Å². The zero-order valence-electron chi connectivity index (χ0n) is 7.75. The minimum absolute atomic E-state index is 0.164. The molecule has 78 valence electrons. The first-order valence-electron chi connectivity index (χ1n) is 4.10. The van der Waals surface area contributed by atoms with Gasteiger partial charge in [-0.3, -0.25) is 9.78 Å². The number of rotatable bonds is 4. The molecule has 0 spiro atoms. The fourth-order valence-electron chi connectivity index (χ4n) is 1.12. The number of aliphatic carboxylic acids is 2. The van der Waals surface area contributed by atoms with Gasteiger partial charge in [-0.25, -0.2) is 4.79 Å². The molecular formula is C10H9NO4. The second-order valence-electron chi connectivity index (χ2n) is 2.86. The highest BCUT2D eigenvalue weighted by atomic mass is 16.4. The number of carbonyl (C=O) groups is 2. The highest BCUT2D eigenvalue weighted by Gasteiger charge is 2.28. The van der Waals surface area contributed by atoms with Gasteiger partial charge in [0.1, 0.15) is 5.92 Å². The molecule has 0 saturated carbocycles. The minimum atomic E-state index is -1.34. The van der Waals surface area contributed by atoms with Crippen LogP contribution in [0.5, 0.6) is 0 Å². The molecule has 1 atom stereocenters. The first-order valence-corrected chi connectivity index (χ1v) is 4.10. The Morgan fingerprint density at radius 1 is 1.33 bits per heavy atom. The lowest BCUT2D eigenvalue weighted by atomic mass is 9.96. The van der Waals surface area contributed by atoms with Crippen LogP contribution in [0.2, 0.25) is 0 Å². The van der Waals surface area contributed by atoms with E-state index in [-0.39, 0.29) is 5.69 Å². The van der Waals surface area contributed by atoms with Crippen molar-refractivity contribution in [3.05, 3.63) is 42.2 Å². The van der Waals surface area contributed by atoms with Gasteiger partial charge in [0.2, 0.25) is 0 Å².